The number of hydrogen-bond acceptors (Lipinski definition) is 3. The van der Waals surface area contributed by atoms with Crippen molar-refractivity contribution < 1.29 is 14.3 Å². The predicted octanol–water partition coefficient (Wildman–Crippen LogP) is 2.59. The molecule has 2 atom stereocenters. The number of urea groups is 1. The second-order valence-corrected chi connectivity index (χ2v) is 8.08. The summed E-state index contributed by atoms with van der Waals surface area (Å²) in [7, 11) is 1.82. The molecule has 0 radical (unpaired) electrons. The lowest BCUT2D eigenvalue weighted by molar-refractivity contribution is 0.0448. The Labute approximate surface area is 161 Å². The van der Waals surface area contributed by atoms with Crippen LogP contribution in [-0.2, 0) is 11.3 Å². The van der Waals surface area contributed by atoms with Crippen molar-refractivity contribution >= 4 is 11.9 Å². The molecule has 2 unspecified atom stereocenters. The minimum Gasteiger partial charge on any atom is -0.378 e. The number of benzene rings is 1. The normalized spacial score (nSPS) is 24.8. The van der Waals surface area contributed by atoms with Crippen LogP contribution >= 0.6 is 0 Å². The van der Waals surface area contributed by atoms with Gasteiger partial charge in [-0.2, -0.15) is 0 Å². The minimum atomic E-state index is 0.0304. The van der Waals surface area contributed by atoms with Gasteiger partial charge < -0.3 is 19.4 Å². The molecule has 1 aromatic rings. The van der Waals surface area contributed by atoms with E-state index in [0.29, 0.717) is 44.8 Å². The summed E-state index contributed by atoms with van der Waals surface area (Å²) in [6, 6.07) is 8.23. The van der Waals surface area contributed by atoms with E-state index in [0.717, 1.165) is 24.1 Å². The van der Waals surface area contributed by atoms with Gasteiger partial charge in [0.25, 0.3) is 5.91 Å². The highest BCUT2D eigenvalue weighted by molar-refractivity contribution is 5.94. The Balaban J connectivity index is 1.35. The van der Waals surface area contributed by atoms with Crippen LogP contribution < -0.4 is 0 Å². The van der Waals surface area contributed by atoms with Gasteiger partial charge in [0.1, 0.15) is 0 Å². The van der Waals surface area contributed by atoms with E-state index in [4.69, 9.17) is 4.74 Å². The first-order valence-corrected chi connectivity index (χ1v) is 10.1. The molecule has 27 heavy (non-hydrogen) atoms. The summed E-state index contributed by atoms with van der Waals surface area (Å²) in [5.74, 6) is 0.862. The maximum atomic E-state index is 12.9. The molecular formula is C21H29N3O3. The summed E-state index contributed by atoms with van der Waals surface area (Å²) in [6.45, 7) is 3.97. The number of hydrogen-bond donors (Lipinski definition) is 0. The van der Waals surface area contributed by atoms with Crippen molar-refractivity contribution in [2.24, 2.45) is 5.92 Å². The molecular weight excluding hydrogens is 342 g/mol. The molecule has 0 spiro atoms. The van der Waals surface area contributed by atoms with Crippen molar-refractivity contribution in [3.8, 4) is 0 Å². The Morgan fingerprint density at radius 1 is 1.15 bits per heavy atom. The van der Waals surface area contributed by atoms with Gasteiger partial charge in [0.15, 0.2) is 0 Å². The quantitative estimate of drug-likeness (QED) is 0.821. The molecule has 2 bridgehead atoms. The van der Waals surface area contributed by atoms with E-state index in [-0.39, 0.29) is 11.9 Å². The molecule has 4 rings (SSSR count). The third-order valence-corrected chi connectivity index (χ3v) is 6.14. The molecule has 0 aromatic heterocycles. The average molecular weight is 371 g/mol. The Bertz CT molecular complexity index is 684. The highest BCUT2D eigenvalue weighted by Crippen LogP contribution is 2.36. The van der Waals surface area contributed by atoms with Gasteiger partial charge in [-0.25, -0.2) is 4.79 Å². The van der Waals surface area contributed by atoms with Gasteiger partial charge in [0.2, 0.25) is 0 Å². The van der Waals surface area contributed by atoms with Gasteiger partial charge in [-0.15, -0.1) is 0 Å². The summed E-state index contributed by atoms with van der Waals surface area (Å²) in [5, 5.41) is 0. The molecule has 2 saturated heterocycles. The third kappa shape index (κ3) is 3.95. The molecule has 3 amide bonds. The van der Waals surface area contributed by atoms with E-state index in [9.17, 15) is 9.59 Å². The second-order valence-electron chi connectivity index (χ2n) is 8.08. The lowest BCUT2D eigenvalue weighted by atomic mass is 9.90. The monoisotopic (exact) mass is 371 g/mol. The lowest BCUT2D eigenvalue weighted by Gasteiger charge is -2.31. The van der Waals surface area contributed by atoms with Crippen molar-refractivity contribution in [2.45, 2.75) is 38.3 Å². The first-order chi connectivity index (χ1) is 13.1. The first kappa shape index (κ1) is 18.3. The molecule has 1 aliphatic carbocycles. The summed E-state index contributed by atoms with van der Waals surface area (Å²) < 4.78 is 5.30. The van der Waals surface area contributed by atoms with Crippen LogP contribution in [0, 0.1) is 5.92 Å². The van der Waals surface area contributed by atoms with Gasteiger partial charge in [-0.3, -0.25) is 4.79 Å². The largest absolute Gasteiger partial charge is 0.378 e. The third-order valence-electron chi connectivity index (χ3n) is 6.14. The highest BCUT2D eigenvalue weighted by Gasteiger charge is 2.37. The fourth-order valence-corrected chi connectivity index (χ4v) is 4.64. The van der Waals surface area contributed by atoms with E-state index < -0.39 is 0 Å². The van der Waals surface area contributed by atoms with Crippen LogP contribution in [0.1, 0.15) is 41.6 Å². The standard InChI is InChI=1S/C21H29N3O3/c1-22(21(26)23-9-11-27-12-10-23)14-16-5-7-18(8-6-16)20(25)24-15-17-3-2-4-19(24)13-17/h5-8,17,19H,2-4,9-15H2,1H3. The number of nitrogens with zero attached hydrogens (tertiary/aromatic N) is 3. The molecule has 2 heterocycles. The number of carbonyl (C=O) groups is 2. The molecule has 3 fully saturated rings. The minimum absolute atomic E-state index is 0.0304. The van der Waals surface area contributed by atoms with E-state index in [1.807, 2.05) is 36.2 Å². The van der Waals surface area contributed by atoms with E-state index in [1.54, 1.807) is 4.90 Å². The first-order valence-electron chi connectivity index (χ1n) is 10.1. The summed E-state index contributed by atoms with van der Waals surface area (Å²) in [6.07, 6.45) is 4.84. The maximum Gasteiger partial charge on any atom is 0.320 e. The Hall–Kier alpha value is -2.08. The van der Waals surface area contributed by atoms with Gasteiger partial charge in [0, 0.05) is 44.8 Å². The van der Waals surface area contributed by atoms with Gasteiger partial charge in [0.05, 0.1) is 13.2 Å². The van der Waals surface area contributed by atoms with E-state index in [2.05, 4.69) is 4.90 Å². The van der Waals surface area contributed by atoms with Crippen LogP contribution in [0.5, 0.6) is 0 Å². The SMILES string of the molecule is CN(Cc1ccc(C(=O)N2CC3CCCC2C3)cc1)C(=O)N1CCOCC1. The number of fused-ring (bicyclic) bond motifs is 2. The van der Waals surface area contributed by atoms with Crippen molar-refractivity contribution in [3.05, 3.63) is 35.4 Å². The highest BCUT2D eigenvalue weighted by atomic mass is 16.5. The van der Waals surface area contributed by atoms with Crippen LogP contribution in [0.4, 0.5) is 4.79 Å². The molecule has 3 aliphatic rings. The second kappa shape index (κ2) is 7.89. The molecule has 1 saturated carbocycles. The van der Waals surface area contributed by atoms with Crippen LogP contribution in [0.15, 0.2) is 24.3 Å². The van der Waals surface area contributed by atoms with Crippen molar-refractivity contribution in [1.29, 1.82) is 0 Å². The number of likely N-dealkylation sites (tertiary alicyclic amines) is 1. The summed E-state index contributed by atoms with van der Waals surface area (Å²) in [4.78, 5) is 31.0. The van der Waals surface area contributed by atoms with Crippen molar-refractivity contribution in [3.63, 3.8) is 0 Å². The average Bonchev–Trinajstić information content (AvgIpc) is 3.01. The molecule has 6 nitrogen and oxygen atoms in total. The fourth-order valence-electron chi connectivity index (χ4n) is 4.64. The van der Waals surface area contributed by atoms with Crippen LogP contribution in [0.2, 0.25) is 0 Å². The number of carbonyl (C=O) groups excluding carboxylic acids is 2. The number of rotatable bonds is 3. The molecule has 0 N–H and O–H groups in total. The van der Waals surface area contributed by atoms with Crippen molar-refractivity contribution in [1.82, 2.24) is 14.7 Å². The summed E-state index contributed by atoms with van der Waals surface area (Å²) >= 11 is 0. The van der Waals surface area contributed by atoms with Crippen molar-refractivity contribution in [2.75, 3.05) is 39.9 Å². The molecule has 1 aromatic carbocycles. The zero-order valence-corrected chi connectivity index (χ0v) is 16.1. The summed E-state index contributed by atoms with van der Waals surface area (Å²) in [5.41, 5.74) is 1.80. The molecule has 146 valence electrons. The Morgan fingerprint density at radius 2 is 1.89 bits per heavy atom. The zero-order valence-electron chi connectivity index (χ0n) is 16.1. The van der Waals surface area contributed by atoms with E-state index >= 15 is 0 Å². The number of ether oxygens (including phenoxy) is 1. The van der Waals surface area contributed by atoms with Gasteiger partial charge in [-0.05, 0) is 42.9 Å². The Morgan fingerprint density at radius 3 is 2.59 bits per heavy atom. The number of morpholine rings is 1. The van der Waals surface area contributed by atoms with Crippen LogP contribution in [-0.4, -0.2) is 72.6 Å². The molecule has 2 aliphatic heterocycles. The Kier molecular flexibility index (Phi) is 5.34. The smallest absolute Gasteiger partial charge is 0.320 e. The molecule has 6 heteroatoms. The van der Waals surface area contributed by atoms with Crippen LogP contribution in [0.25, 0.3) is 0 Å². The predicted molar refractivity (Wildman–Crippen MR) is 102 cm³/mol. The van der Waals surface area contributed by atoms with Gasteiger partial charge in [-0.1, -0.05) is 18.6 Å². The van der Waals surface area contributed by atoms with E-state index in [1.165, 1.54) is 19.3 Å². The number of amides is 3. The van der Waals surface area contributed by atoms with Crippen LogP contribution in [0.3, 0.4) is 0 Å². The topological polar surface area (TPSA) is 53.1 Å². The fraction of sp³-hybridized carbons (Fsp3) is 0.619. The maximum absolute atomic E-state index is 12.9. The lowest BCUT2D eigenvalue weighted by Crippen LogP contribution is -2.46. The zero-order chi connectivity index (χ0) is 18.8. The van der Waals surface area contributed by atoms with Gasteiger partial charge >= 0.3 is 6.03 Å².